The average molecular weight is 286 g/mol. The van der Waals surface area contributed by atoms with Crippen molar-refractivity contribution < 1.29 is 14.3 Å². The summed E-state index contributed by atoms with van der Waals surface area (Å²) in [7, 11) is 0. The predicted octanol–water partition coefficient (Wildman–Crippen LogP) is 2.30. The minimum atomic E-state index is -0.459. The van der Waals surface area contributed by atoms with Gasteiger partial charge in [0, 0.05) is 31.8 Å². The van der Waals surface area contributed by atoms with Gasteiger partial charge in [-0.15, -0.1) is 0 Å². The summed E-state index contributed by atoms with van der Waals surface area (Å²) in [6.07, 6.45) is 1.74. The third kappa shape index (κ3) is 7.10. The van der Waals surface area contributed by atoms with Gasteiger partial charge in [0.25, 0.3) is 0 Å². The van der Waals surface area contributed by atoms with Crippen LogP contribution in [0, 0.1) is 5.92 Å². The molecule has 1 amide bonds. The van der Waals surface area contributed by atoms with Crippen molar-refractivity contribution in [3.05, 3.63) is 0 Å². The molecule has 0 aliphatic carbocycles. The summed E-state index contributed by atoms with van der Waals surface area (Å²) in [5, 5.41) is 6.48. The maximum absolute atomic E-state index is 11.8. The van der Waals surface area contributed by atoms with E-state index in [2.05, 4.69) is 24.5 Å². The highest BCUT2D eigenvalue weighted by molar-refractivity contribution is 5.68. The third-order valence-corrected chi connectivity index (χ3v) is 3.35. The number of alkyl carbamates (subject to hydrolysis) is 1. The Kier molecular flexibility index (Phi) is 6.76. The molecule has 118 valence electrons. The number of ether oxygens (including phenoxy) is 2. The van der Waals surface area contributed by atoms with Crippen molar-refractivity contribution in [3.63, 3.8) is 0 Å². The normalized spacial score (nSPS) is 18.9. The lowest BCUT2D eigenvalue weighted by Gasteiger charge is -2.29. The Morgan fingerprint density at radius 3 is 2.40 bits per heavy atom. The quantitative estimate of drug-likeness (QED) is 0.814. The average Bonchev–Trinajstić information content (AvgIpc) is 2.33. The second-order valence-corrected chi connectivity index (χ2v) is 6.79. The fourth-order valence-electron chi connectivity index (χ4n) is 2.11. The molecular weight excluding hydrogens is 256 g/mol. The van der Waals surface area contributed by atoms with E-state index >= 15 is 0 Å². The first kappa shape index (κ1) is 17.2. The Labute approximate surface area is 122 Å². The molecule has 5 heteroatoms. The molecule has 1 aliphatic heterocycles. The highest BCUT2D eigenvalue weighted by Crippen LogP contribution is 2.10. The molecule has 0 bridgehead atoms. The number of nitrogens with one attached hydrogen (secondary N) is 2. The van der Waals surface area contributed by atoms with E-state index in [1.165, 1.54) is 0 Å². The standard InChI is InChI=1S/C15H30N2O3/c1-11(2)13(17-14(18)20-15(3,4)5)10-16-12-6-8-19-9-7-12/h11-13,16H,6-10H2,1-5H3,(H,17,18). The van der Waals surface area contributed by atoms with E-state index in [4.69, 9.17) is 9.47 Å². The summed E-state index contributed by atoms with van der Waals surface area (Å²) >= 11 is 0. The molecule has 5 nitrogen and oxygen atoms in total. The SMILES string of the molecule is CC(C)C(CNC1CCOCC1)NC(=O)OC(C)(C)C. The molecule has 1 saturated heterocycles. The summed E-state index contributed by atoms with van der Waals surface area (Å²) in [6, 6.07) is 0.568. The van der Waals surface area contributed by atoms with Crippen LogP contribution in [0.1, 0.15) is 47.5 Å². The maximum atomic E-state index is 11.8. The first-order valence-electron chi connectivity index (χ1n) is 7.58. The van der Waals surface area contributed by atoms with Crippen LogP contribution in [0.25, 0.3) is 0 Å². The van der Waals surface area contributed by atoms with Crippen molar-refractivity contribution in [1.82, 2.24) is 10.6 Å². The predicted molar refractivity (Wildman–Crippen MR) is 79.8 cm³/mol. The zero-order chi connectivity index (χ0) is 15.2. The monoisotopic (exact) mass is 286 g/mol. The number of carbonyl (C=O) groups is 1. The Balaban J connectivity index is 2.37. The molecule has 0 aromatic heterocycles. The van der Waals surface area contributed by atoms with Crippen LogP contribution in [0.4, 0.5) is 4.79 Å². The van der Waals surface area contributed by atoms with E-state index in [0.29, 0.717) is 12.0 Å². The van der Waals surface area contributed by atoms with Gasteiger partial charge in [-0.05, 0) is 39.5 Å². The van der Waals surface area contributed by atoms with Crippen LogP contribution in [-0.2, 0) is 9.47 Å². The van der Waals surface area contributed by atoms with E-state index < -0.39 is 5.60 Å². The molecule has 0 spiro atoms. The Bertz CT molecular complexity index is 294. The van der Waals surface area contributed by atoms with Crippen molar-refractivity contribution in [3.8, 4) is 0 Å². The topological polar surface area (TPSA) is 59.6 Å². The lowest BCUT2D eigenvalue weighted by atomic mass is 10.0. The van der Waals surface area contributed by atoms with Crippen molar-refractivity contribution in [2.24, 2.45) is 5.92 Å². The summed E-state index contributed by atoms with van der Waals surface area (Å²) in [6.45, 7) is 12.2. The van der Waals surface area contributed by atoms with Gasteiger partial charge in [-0.1, -0.05) is 13.8 Å². The third-order valence-electron chi connectivity index (χ3n) is 3.35. The van der Waals surface area contributed by atoms with Crippen LogP contribution >= 0.6 is 0 Å². The number of hydrogen-bond acceptors (Lipinski definition) is 4. The van der Waals surface area contributed by atoms with Gasteiger partial charge in [0.05, 0.1) is 0 Å². The molecule has 1 atom stereocenters. The molecule has 0 aromatic rings. The molecule has 0 aromatic carbocycles. The minimum Gasteiger partial charge on any atom is -0.444 e. The van der Waals surface area contributed by atoms with Gasteiger partial charge in [0.1, 0.15) is 5.60 Å². The highest BCUT2D eigenvalue weighted by Gasteiger charge is 2.22. The van der Waals surface area contributed by atoms with E-state index in [-0.39, 0.29) is 12.1 Å². The van der Waals surface area contributed by atoms with Crippen LogP contribution < -0.4 is 10.6 Å². The number of rotatable bonds is 5. The highest BCUT2D eigenvalue weighted by atomic mass is 16.6. The minimum absolute atomic E-state index is 0.0766. The van der Waals surface area contributed by atoms with Gasteiger partial charge in [-0.2, -0.15) is 0 Å². The number of hydrogen-bond donors (Lipinski definition) is 2. The van der Waals surface area contributed by atoms with Crippen molar-refractivity contribution in [1.29, 1.82) is 0 Å². The molecular formula is C15H30N2O3. The van der Waals surface area contributed by atoms with Crippen LogP contribution in [0.15, 0.2) is 0 Å². The number of amides is 1. The van der Waals surface area contributed by atoms with Crippen LogP contribution in [0.5, 0.6) is 0 Å². The largest absolute Gasteiger partial charge is 0.444 e. The molecule has 0 radical (unpaired) electrons. The first-order valence-corrected chi connectivity index (χ1v) is 7.58. The molecule has 2 N–H and O–H groups in total. The second kappa shape index (κ2) is 7.84. The number of carbonyl (C=O) groups excluding carboxylic acids is 1. The van der Waals surface area contributed by atoms with E-state index in [9.17, 15) is 4.79 Å². The van der Waals surface area contributed by atoms with Gasteiger partial charge in [0.15, 0.2) is 0 Å². The molecule has 0 saturated carbocycles. The van der Waals surface area contributed by atoms with Gasteiger partial charge < -0.3 is 20.1 Å². The lowest BCUT2D eigenvalue weighted by molar-refractivity contribution is 0.0481. The molecule has 1 rings (SSSR count). The Morgan fingerprint density at radius 2 is 1.90 bits per heavy atom. The van der Waals surface area contributed by atoms with Crippen molar-refractivity contribution >= 4 is 6.09 Å². The zero-order valence-electron chi connectivity index (χ0n) is 13.5. The molecule has 1 aliphatic rings. The van der Waals surface area contributed by atoms with Crippen molar-refractivity contribution in [2.75, 3.05) is 19.8 Å². The molecule has 20 heavy (non-hydrogen) atoms. The van der Waals surface area contributed by atoms with Gasteiger partial charge >= 0.3 is 6.09 Å². The summed E-state index contributed by atoms with van der Waals surface area (Å²) < 4.78 is 10.7. The van der Waals surface area contributed by atoms with E-state index in [0.717, 1.165) is 32.6 Å². The Hall–Kier alpha value is -0.810. The van der Waals surface area contributed by atoms with E-state index in [1.807, 2.05) is 20.8 Å². The van der Waals surface area contributed by atoms with Crippen LogP contribution in [0.2, 0.25) is 0 Å². The molecule has 1 fully saturated rings. The summed E-state index contributed by atoms with van der Waals surface area (Å²) in [5.41, 5.74) is -0.459. The van der Waals surface area contributed by atoms with Gasteiger partial charge in [-0.25, -0.2) is 4.79 Å². The van der Waals surface area contributed by atoms with Crippen molar-refractivity contribution in [2.45, 2.75) is 65.1 Å². The summed E-state index contributed by atoms with van der Waals surface area (Å²) in [5.74, 6) is 0.356. The maximum Gasteiger partial charge on any atom is 0.407 e. The Morgan fingerprint density at radius 1 is 1.30 bits per heavy atom. The molecule has 1 unspecified atom stereocenters. The van der Waals surface area contributed by atoms with Gasteiger partial charge in [-0.3, -0.25) is 0 Å². The smallest absolute Gasteiger partial charge is 0.407 e. The fraction of sp³-hybridized carbons (Fsp3) is 0.933. The second-order valence-electron chi connectivity index (χ2n) is 6.79. The summed E-state index contributed by atoms with van der Waals surface area (Å²) in [4.78, 5) is 11.8. The lowest BCUT2D eigenvalue weighted by Crippen LogP contribution is -2.49. The zero-order valence-corrected chi connectivity index (χ0v) is 13.5. The molecule has 1 heterocycles. The first-order chi connectivity index (χ1) is 9.28. The van der Waals surface area contributed by atoms with Crippen LogP contribution in [-0.4, -0.2) is 43.5 Å². The van der Waals surface area contributed by atoms with Gasteiger partial charge in [0.2, 0.25) is 0 Å². The van der Waals surface area contributed by atoms with E-state index in [1.54, 1.807) is 0 Å². The van der Waals surface area contributed by atoms with Crippen LogP contribution in [0.3, 0.4) is 0 Å². The fourth-order valence-corrected chi connectivity index (χ4v) is 2.11.